The number of guanidine groups is 1. The monoisotopic (exact) mass is 313 g/mol. The van der Waals surface area contributed by atoms with Crippen LogP contribution >= 0.6 is 11.6 Å². The van der Waals surface area contributed by atoms with Crippen molar-refractivity contribution in [3.63, 3.8) is 0 Å². The first-order valence-corrected chi connectivity index (χ1v) is 7.00. The van der Waals surface area contributed by atoms with E-state index in [1.807, 2.05) is 6.07 Å². The largest absolute Gasteiger partial charge is 0.495 e. The van der Waals surface area contributed by atoms with Gasteiger partial charge in [0.25, 0.3) is 0 Å². The number of methoxy groups -OCH3 is 2. The number of nitrogens with one attached hydrogen (secondary N) is 1. The van der Waals surface area contributed by atoms with Gasteiger partial charge in [-0.15, -0.1) is 0 Å². The average Bonchev–Trinajstić information content (AvgIpc) is 2.95. The molecule has 0 aromatic heterocycles. The lowest BCUT2D eigenvalue weighted by molar-refractivity contribution is -0.00900. The fourth-order valence-corrected chi connectivity index (χ4v) is 2.36. The Hall–Kier alpha value is -1.50. The van der Waals surface area contributed by atoms with E-state index in [4.69, 9.17) is 31.5 Å². The summed E-state index contributed by atoms with van der Waals surface area (Å²) in [6.45, 7) is 1.67. The number of nitrogens with two attached hydrogens (primary N) is 1. The molecule has 116 valence electrons. The highest BCUT2D eigenvalue weighted by Gasteiger charge is 2.34. The van der Waals surface area contributed by atoms with Gasteiger partial charge >= 0.3 is 0 Å². The predicted molar refractivity (Wildman–Crippen MR) is 83.3 cm³/mol. The van der Waals surface area contributed by atoms with Crippen LogP contribution in [-0.2, 0) is 9.47 Å². The molecular weight excluding hydrogens is 294 g/mol. The Balaban J connectivity index is 1.98. The SMILES string of the molecule is COc1ccc(NC(N)=NCC2(OC)CCOC2)cc1Cl. The molecule has 1 aliphatic rings. The number of nitrogens with zero attached hydrogens (tertiary/aromatic N) is 1. The van der Waals surface area contributed by atoms with Crippen molar-refractivity contribution >= 4 is 23.2 Å². The van der Waals surface area contributed by atoms with Gasteiger partial charge in [0.15, 0.2) is 5.96 Å². The van der Waals surface area contributed by atoms with Crippen LogP contribution in [0.15, 0.2) is 23.2 Å². The van der Waals surface area contributed by atoms with Crippen LogP contribution in [0.4, 0.5) is 5.69 Å². The molecule has 1 fully saturated rings. The maximum atomic E-state index is 6.06. The van der Waals surface area contributed by atoms with Crippen LogP contribution in [-0.4, -0.2) is 45.5 Å². The number of benzene rings is 1. The minimum atomic E-state index is -0.371. The predicted octanol–water partition coefficient (Wildman–Crippen LogP) is 1.88. The highest BCUT2D eigenvalue weighted by molar-refractivity contribution is 6.32. The number of halogens is 1. The number of hydrogen-bond donors (Lipinski definition) is 2. The van der Waals surface area contributed by atoms with Crippen LogP contribution in [0.1, 0.15) is 6.42 Å². The summed E-state index contributed by atoms with van der Waals surface area (Å²) in [4.78, 5) is 4.32. The third kappa shape index (κ3) is 4.00. The van der Waals surface area contributed by atoms with Crippen LogP contribution in [0.3, 0.4) is 0 Å². The molecule has 21 heavy (non-hydrogen) atoms. The maximum Gasteiger partial charge on any atom is 0.193 e. The summed E-state index contributed by atoms with van der Waals surface area (Å²) in [6, 6.07) is 5.31. The van der Waals surface area contributed by atoms with Gasteiger partial charge in [0.2, 0.25) is 0 Å². The highest BCUT2D eigenvalue weighted by atomic mass is 35.5. The lowest BCUT2D eigenvalue weighted by Crippen LogP contribution is -2.37. The summed E-state index contributed by atoms with van der Waals surface area (Å²) in [5.74, 6) is 0.915. The molecule has 0 saturated carbocycles. The van der Waals surface area contributed by atoms with E-state index in [1.54, 1.807) is 26.4 Å². The summed E-state index contributed by atoms with van der Waals surface area (Å²) in [6.07, 6.45) is 0.814. The van der Waals surface area contributed by atoms with Gasteiger partial charge in [0.05, 0.1) is 25.3 Å². The molecule has 6 nitrogen and oxygen atoms in total. The molecule has 1 aliphatic heterocycles. The summed E-state index contributed by atoms with van der Waals surface area (Å²) in [5.41, 5.74) is 6.26. The Kier molecular flexibility index (Phi) is 5.27. The lowest BCUT2D eigenvalue weighted by atomic mass is 10.0. The van der Waals surface area contributed by atoms with Crippen LogP contribution in [0.5, 0.6) is 5.75 Å². The van der Waals surface area contributed by atoms with Gasteiger partial charge in [-0.2, -0.15) is 0 Å². The van der Waals surface area contributed by atoms with E-state index in [9.17, 15) is 0 Å². The molecule has 0 spiro atoms. The molecule has 1 atom stereocenters. The molecule has 7 heteroatoms. The van der Waals surface area contributed by atoms with E-state index >= 15 is 0 Å². The summed E-state index contributed by atoms with van der Waals surface area (Å²) >= 11 is 6.06. The van der Waals surface area contributed by atoms with Crippen LogP contribution in [0.25, 0.3) is 0 Å². The Morgan fingerprint density at radius 3 is 2.90 bits per heavy atom. The van der Waals surface area contributed by atoms with Crippen molar-refractivity contribution in [2.24, 2.45) is 10.7 Å². The molecule has 2 rings (SSSR count). The first kappa shape index (κ1) is 15.9. The van der Waals surface area contributed by atoms with Gasteiger partial charge in [-0.05, 0) is 18.2 Å². The fraction of sp³-hybridized carbons (Fsp3) is 0.500. The second-order valence-corrected chi connectivity index (χ2v) is 5.27. The molecule has 0 radical (unpaired) electrons. The van der Waals surface area contributed by atoms with Crippen molar-refractivity contribution in [1.82, 2.24) is 0 Å². The number of rotatable bonds is 5. The zero-order chi connectivity index (χ0) is 15.3. The van der Waals surface area contributed by atoms with E-state index in [0.29, 0.717) is 36.5 Å². The number of ether oxygens (including phenoxy) is 3. The van der Waals surface area contributed by atoms with Gasteiger partial charge in [-0.1, -0.05) is 11.6 Å². The van der Waals surface area contributed by atoms with Crippen molar-refractivity contribution in [2.75, 3.05) is 39.3 Å². The number of aliphatic imine (C=N–C) groups is 1. The van der Waals surface area contributed by atoms with E-state index < -0.39 is 0 Å². The van der Waals surface area contributed by atoms with E-state index in [0.717, 1.165) is 12.1 Å². The quantitative estimate of drug-likeness (QED) is 0.641. The Morgan fingerprint density at radius 2 is 2.33 bits per heavy atom. The normalized spacial score (nSPS) is 22.3. The standard InChI is InChI=1S/C14H20ClN3O3/c1-19-12-4-3-10(7-11(12)15)18-13(16)17-8-14(20-2)5-6-21-9-14/h3-4,7H,5-6,8-9H2,1-2H3,(H3,16,17,18). The third-order valence-corrected chi connectivity index (χ3v) is 3.76. The maximum absolute atomic E-state index is 6.06. The van der Waals surface area contributed by atoms with Gasteiger partial charge in [-0.3, -0.25) is 4.99 Å². The number of anilines is 1. The van der Waals surface area contributed by atoms with Crippen molar-refractivity contribution in [3.05, 3.63) is 23.2 Å². The van der Waals surface area contributed by atoms with Crippen molar-refractivity contribution in [2.45, 2.75) is 12.0 Å². The van der Waals surface area contributed by atoms with Gasteiger partial charge < -0.3 is 25.3 Å². The van der Waals surface area contributed by atoms with E-state index in [2.05, 4.69) is 10.3 Å². The first-order valence-electron chi connectivity index (χ1n) is 6.62. The number of hydrogen-bond acceptors (Lipinski definition) is 4. The lowest BCUT2D eigenvalue weighted by Gasteiger charge is -2.23. The molecule has 1 unspecified atom stereocenters. The summed E-state index contributed by atoms with van der Waals surface area (Å²) in [5, 5.41) is 3.50. The molecule has 1 aromatic carbocycles. The van der Waals surface area contributed by atoms with E-state index in [-0.39, 0.29) is 5.60 Å². The summed E-state index contributed by atoms with van der Waals surface area (Å²) < 4.78 is 15.9. The smallest absolute Gasteiger partial charge is 0.193 e. The molecule has 0 amide bonds. The third-order valence-electron chi connectivity index (χ3n) is 3.46. The molecule has 3 N–H and O–H groups in total. The Morgan fingerprint density at radius 1 is 1.52 bits per heavy atom. The topological polar surface area (TPSA) is 78.1 Å². The zero-order valence-electron chi connectivity index (χ0n) is 12.2. The Bertz CT molecular complexity index is 516. The van der Waals surface area contributed by atoms with Crippen LogP contribution in [0.2, 0.25) is 5.02 Å². The molecule has 1 saturated heterocycles. The van der Waals surface area contributed by atoms with E-state index in [1.165, 1.54) is 0 Å². The minimum Gasteiger partial charge on any atom is -0.495 e. The Labute approximate surface area is 129 Å². The average molecular weight is 314 g/mol. The van der Waals surface area contributed by atoms with Gasteiger partial charge in [-0.25, -0.2) is 0 Å². The zero-order valence-corrected chi connectivity index (χ0v) is 12.9. The van der Waals surface area contributed by atoms with Crippen LogP contribution in [0, 0.1) is 0 Å². The van der Waals surface area contributed by atoms with Crippen LogP contribution < -0.4 is 15.8 Å². The molecule has 0 aliphatic carbocycles. The highest BCUT2D eigenvalue weighted by Crippen LogP contribution is 2.27. The van der Waals surface area contributed by atoms with Crippen molar-refractivity contribution < 1.29 is 14.2 Å². The second kappa shape index (κ2) is 6.98. The minimum absolute atomic E-state index is 0.305. The molecule has 0 bridgehead atoms. The molecule has 1 aromatic rings. The second-order valence-electron chi connectivity index (χ2n) is 4.87. The first-order chi connectivity index (χ1) is 10.1. The summed E-state index contributed by atoms with van der Waals surface area (Å²) in [7, 11) is 3.23. The van der Waals surface area contributed by atoms with Crippen molar-refractivity contribution in [3.8, 4) is 5.75 Å². The van der Waals surface area contributed by atoms with Gasteiger partial charge in [0, 0.05) is 25.8 Å². The fourth-order valence-electron chi connectivity index (χ4n) is 2.10. The molecule has 1 heterocycles. The molecular formula is C14H20ClN3O3. The van der Waals surface area contributed by atoms with Gasteiger partial charge in [0.1, 0.15) is 11.4 Å². The van der Waals surface area contributed by atoms with Crippen molar-refractivity contribution in [1.29, 1.82) is 0 Å².